The fourth-order valence-electron chi connectivity index (χ4n) is 4.73. The first kappa shape index (κ1) is 18.9. The van der Waals surface area contributed by atoms with Gasteiger partial charge in [-0.2, -0.15) is 0 Å². The monoisotopic (exact) mass is 400 g/mol. The zero-order chi connectivity index (χ0) is 20.7. The van der Waals surface area contributed by atoms with Gasteiger partial charge in [-0.3, -0.25) is 14.6 Å². The Morgan fingerprint density at radius 2 is 2.10 bits per heavy atom. The van der Waals surface area contributed by atoms with Crippen LogP contribution in [0.1, 0.15) is 30.9 Å². The van der Waals surface area contributed by atoms with E-state index in [0.29, 0.717) is 0 Å². The van der Waals surface area contributed by atoms with Crippen molar-refractivity contribution >= 4 is 22.4 Å². The molecule has 1 amide bonds. The summed E-state index contributed by atoms with van der Waals surface area (Å²) in [5.41, 5.74) is 7.17. The molecular formula is C25H28N4O. The molecule has 1 aromatic carbocycles. The molecular weight excluding hydrogens is 372 g/mol. The van der Waals surface area contributed by atoms with Gasteiger partial charge in [0.25, 0.3) is 5.91 Å². The van der Waals surface area contributed by atoms with Gasteiger partial charge in [0.2, 0.25) is 0 Å². The van der Waals surface area contributed by atoms with E-state index in [1.807, 2.05) is 31.4 Å². The van der Waals surface area contributed by atoms with Crippen molar-refractivity contribution in [3.8, 4) is 0 Å². The summed E-state index contributed by atoms with van der Waals surface area (Å²) in [6.45, 7) is 7.01. The molecule has 3 aliphatic heterocycles. The van der Waals surface area contributed by atoms with E-state index in [-0.39, 0.29) is 12.1 Å². The zero-order valence-corrected chi connectivity index (χ0v) is 17.6. The molecule has 2 N–H and O–H groups in total. The topological polar surface area (TPSA) is 51.4 Å². The maximum Gasteiger partial charge on any atom is 0.257 e. The Bertz CT molecular complexity index is 1120. The van der Waals surface area contributed by atoms with E-state index in [0.717, 1.165) is 43.7 Å². The van der Waals surface area contributed by atoms with Crippen LogP contribution in [0.2, 0.25) is 0 Å². The quantitative estimate of drug-likeness (QED) is 0.813. The van der Waals surface area contributed by atoms with E-state index in [1.54, 1.807) is 4.90 Å². The largest absolute Gasteiger partial charge is 0.365 e. The van der Waals surface area contributed by atoms with Crippen LogP contribution in [0.3, 0.4) is 0 Å². The average Bonchev–Trinajstić information content (AvgIpc) is 3.20. The number of aryl methyl sites for hydroxylation is 1. The maximum absolute atomic E-state index is 12.9. The molecule has 5 heteroatoms. The molecule has 0 bridgehead atoms. The number of hydrogen-bond acceptors (Lipinski definition) is 3. The smallest absolute Gasteiger partial charge is 0.257 e. The molecule has 0 spiro atoms. The van der Waals surface area contributed by atoms with Gasteiger partial charge in [-0.05, 0) is 50.0 Å². The lowest BCUT2D eigenvalue weighted by atomic mass is 9.97. The average molecular weight is 401 g/mol. The van der Waals surface area contributed by atoms with Gasteiger partial charge < -0.3 is 10.3 Å². The van der Waals surface area contributed by atoms with E-state index < -0.39 is 0 Å². The number of rotatable bonds is 4. The second kappa shape index (κ2) is 7.65. The van der Waals surface area contributed by atoms with Crippen LogP contribution in [0.5, 0.6) is 0 Å². The molecule has 1 atom stereocenters. The number of allylic oxidation sites excluding steroid dienone is 3. The first-order valence-corrected chi connectivity index (χ1v) is 10.7. The third-order valence-corrected chi connectivity index (χ3v) is 6.50. The van der Waals surface area contributed by atoms with Crippen LogP contribution in [-0.4, -0.2) is 46.5 Å². The Kier molecular flexibility index (Phi) is 4.83. The summed E-state index contributed by atoms with van der Waals surface area (Å²) >= 11 is 0. The number of carbonyl (C=O) groups excluding carboxylic acids is 1. The standard InChI is InChI=1S/C25H28N4O/c1-17-6-5-7-21-22(16-26-24(17)21)19-9-13-28(14-10-19)15-11-20-18(2)27-23-8-3-4-12-29(23)25(20)30/h3-9,12,16,23,26-27H,10-11,13-15H2,1-2H3. The molecule has 0 saturated carbocycles. The minimum absolute atomic E-state index is 0.0495. The number of nitrogens with zero attached hydrogens (tertiary/aromatic N) is 2. The van der Waals surface area contributed by atoms with Crippen molar-refractivity contribution in [2.24, 2.45) is 0 Å². The lowest BCUT2D eigenvalue weighted by molar-refractivity contribution is -0.127. The number of hydrogen-bond donors (Lipinski definition) is 2. The molecule has 0 saturated heterocycles. The Hall–Kier alpha value is -3.05. The highest BCUT2D eigenvalue weighted by Crippen LogP contribution is 2.31. The second-order valence-electron chi connectivity index (χ2n) is 8.36. The van der Waals surface area contributed by atoms with Gasteiger partial charge in [-0.25, -0.2) is 0 Å². The summed E-state index contributed by atoms with van der Waals surface area (Å²) in [5.74, 6) is 0.124. The summed E-state index contributed by atoms with van der Waals surface area (Å²) < 4.78 is 0. The third kappa shape index (κ3) is 3.29. The Morgan fingerprint density at radius 1 is 1.20 bits per heavy atom. The van der Waals surface area contributed by atoms with E-state index in [9.17, 15) is 4.79 Å². The number of nitrogens with one attached hydrogen (secondary N) is 2. The minimum atomic E-state index is -0.0495. The van der Waals surface area contributed by atoms with Crippen LogP contribution >= 0.6 is 0 Å². The molecule has 0 fully saturated rings. The van der Waals surface area contributed by atoms with Gasteiger partial charge in [-0.15, -0.1) is 0 Å². The SMILES string of the molecule is CC1=C(CCN2CC=C(c3c[nH]c4c(C)cccc34)CC2)C(=O)N2C=CC=CC2N1. The fraction of sp³-hybridized carbons (Fsp3) is 0.320. The molecule has 30 heavy (non-hydrogen) atoms. The first-order chi connectivity index (χ1) is 14.6. The van der Waals surface area contributed by atoms with Gasteiger partial charge in [0.05, 0.1) is 0 Å². The normalized spacial score (nSPS) is 21.8. The molecule has 5 nitrogen and oxygen atoms in total. The summed E-state index contributed by atoms with van der Waals surface area (Å²) in [6, 6.07) is 6.49. The highest BCUT2D eigenvalue weighted by molar-refractivity contribution is 5.96. The first-order valence-electron chi connectivity index (χ1n) is 10.7. The molecule has 1 unspecified atom stereocenters. The third-order valence-electron chi connectivity index (χ3n) is 6.50. The molecule has 3 aliphatic rings. The molecule has 154 valence electrons. The van der Waals surface area contributed by atoms with Gasteiger partial charge >= 0.3 is 0 Å². The van der Waals surface area contributed by atoms with Crippen molar-refractivity contribution in [3.05, 3.63) is 77.3 Å². The van der Waals surface area contributed by atoms with Crippen molar-refractivity contribution in [2.45, 2.75) is 32.9 Å². The summed E-state index contributed by atoms with van der Waals surface area (Å²) in [7, 11) is 0. The molecule has 1 aromatic heterocycles. The van der Waals surface area contributed by atoms with Gasteiger partial charge in [-0.1, -0.05) is 30.4 Å². The molecule has 4 heterocycles. The summed E-state index contributed by atoms with van der Waals surface area (Å²) in [5, 5.41) is 4.76. The number of para-hydroxylation sites is 1. The number of aromatic nitrogens is 1. The molecule has 5 rings (SSSR count). The van der Waals surface area contributed by atoms with Crippen LogP contribution in [0.15, 0.2) is 66.2 Å². The Balaban J connectivity index is 1.25. The number of amides is 1. The van der Waals surface area contributed by atoms with E-state index >= 15 is 0 Å². The van der Waals surface area contributed by atoms with E-state index in [2.05, 4.69) is 52.6 Å². The predicted octanol–water partition coefficient (Wildman–Crippen LogP) is 4.07. The number of carbonyl (C=O) groups is 1. The highest BCUT2D eigenvalue weighted by Gasteiger charge is 2.30. The minimum Gasteiger partial charge on any atom is -0.365 e. The lowest BCUT2D eigenvalue weighted by Crippen LogP contribution is -2.50. The maximum atomic E-state index is 12.9. The second-order valence-corrected chi connectivity index (χ2v) is 8.36. The summed E-state index contributed by atoms with van der Waals surface area (Å²) in [4.78, 5) is 20.6. The van der Waals surface area contributed by atoms with Crippen molar-refractivity contribution in [1.82, 2.24) is 20.1 Å². The van der Waals surface area contributed by atoms with E-state index in [1.165, 1.54) is 27.6 Å². The van der Waals surface area contributed by atoms with Crippen molar-refractivity contribution < 1.29 is 4.79 Å². The number of fused-ring (bicyclic) bond motifs is 2. The van der Waals surface area contributed by atoms with Gasteiger partial charge in [0.1, 0.15) is 6.17 Å². The number of H-pyrrole nitrogens is 1. The highest BCUT2D eigenvalue weighted by atomic mass is 16.2. The fourth-order valence-corrected chi connectivity index (χ4v) is 4.73. The van der Waals surface area contributed by atoms with Crippen molar-refractivity contribution in [2.75, 3.05) is 19.6 Å². The van der Waals surface area contributed by atoms with Crippen LogP contribution in [-0.2, 0) is 4.79 Å². The van der Waals surface area contributed by atoms with Crippen LogP contribution in [0, 0.1) is 6.92 Å². The van der Waals surface area contributed by atoms with Gasteiger partial charge in [0.15, 0.2) is 0 Å². The van der Waals surface area contributed by atoms with Crippen LogP contribution in [0.4, 0.5) is 0 Å². The van der Waals surface area contributed by atoms with Crippen LogP contribution < -0.4 is 5.32 Å². The molecule has 0 radical (unpaired) electrons. The van der Waals surface area contributed by atoms with Crippen molar-refractivity contribution in [3.63, 3.8) is 0 Å². The molecule has 2 aromatic rings. The number of benzene rings is 1. The van der Waals surface area contributed by atoms with Crippen molar-refractivity contribution in [1.29, 1.82) is 0 Å². The number of aromatic amines is 1. The van der Waals surface area contributed by atoms with Gasteiger partial charge in [0, 0.05) is 59.8 Å². The molecule has 0 aliphatic carbocycles. The Morgan fingerprint density at radius 3 is 2.93 bits per heavy atom. The predicted molar refractivity (Wildman–Crippen MR) is 121 cm³/mol. The lowest BCUT2D eigenvalue weighted by Gasteiger charge is -2.36. The van der Waals surface area contributed by atoms with Crippen LogP contribution in [0.25, 0.3) is 16.5 Å². The van der Waals surface area contributed by atoms with E-state index in [4.69, 9.17) is 0 Å². The summed E-state index contributed by atoms with van der Waals surface area (Å²) in [6.07, 6.45) is 14.0. The zero-order valence-electron chi connectivity index (χ0n) is 17.6. The Labute approximate surface area is 177 Å².